The molecule has 2 saturated carbocycles. The molecule has 3 aromatic rings. The third-order valence-corrected chi connectivity index (χ3v) is 16.6. The van der Waals surface area contributed by atoms with Crippen LogP contribution in [0.4, 0.5) is 9.93 Å². The van der Waals surface area contributed by atoms with Crippen LogP contribution in [0.3, 0.4) is 0 Å². The Hall–Kier alpha value is -5.05. The molecule has 2 aliphatic carbocycles. The fourth-order valence-corrected chi connectivity index (χ4v) is 12.4. The normalized spacial score (nSPS) is 27.4. The van der Waals surface area contributed by atoms with Crippen molar-refractivity contribution in [1.82, 2.24) is 39.4 Å². The minimum Gasteiger partial charge on any atom is -0.497 e. The minimum atomic E-state index is -3.70. The summed E-state index contributed by atoms with van der Waals surface area (Å²) < 4.78 is 41.9. The van der Waals surface area contributed by atoms with E-state index in [9.17, 15) is 27.9 Å². The lowest BCUT2D eigenvalue weighted by atomic mass is 9.84. The SMILES string of the molecule is COc1ccc2c(O[C@@H]3C[C@H]4C(=O)N[C@]5(C(=O)O)CC5/C=C\CCCCC[C@H](NC(=O)N[C@H](CN5CCCN(C)S5(=O)=O)C5CCCCC5)C(=O)N4C3)cc(-c3csc(NC(C)C)n3)nc2c1. The molecule has 20 heteroatoms. The van der Waals surface area contributed by atoms with Crippen LogP contribution in [0.15, 0.2) is 41.8 Å². The zero-order chi connectivity index (χ0) is 47.5. The number of urea groups is 1. The molecule has 5 aliphatic rings. The van der Waals surface area contributed by atoms with Gasteiger partial charge in [-0.15, -0.1) is 11.3 Å². The lowest BCUT2D eigenvalue weighted by Crippen LogP contribution is -2.59. The van der Waals surface area contributed by atoms with Gasteiger partial charge < -0.3 is 40.7 Å². The summed E-state index contributed by atoms with van der Waals surface area (Å²) in [6.07, 6.45) is 11.9. The van der Waals surface area contributed by atoms with Crippen LogP contribution in [0, 0.1) is 11.8 Å². The van der Waals surface area contributed by atoms with Gasteiger partial charge in [-0.05, 0) is 76.8 Å². The minimum absolute atomic E-state index is 0.0282. The van der Waals surface area contributed by atoms with Gasteiger partial charge in [0.15, 0.2) is 5.13 Å². The molecule has 3 aliphatic heterocycles. The summed E-state index contributed by atoms with van der Waals surface area (Å²) in [6.45, 7) is 4.94. The van der Waals surface area contributed by atoms with E-state index in [4.69, 9.17) is 19.4 Å². The predicted molar refractivity (Wildman–Crippen MR) is 255 cm³/mol. The van der Waals surface area contributed by atoms with Crippen molar-refractivity contribution in [2.75, 3.05) is 45.7 Å². The molecule has 0 bridgehead atoms. The molecule has 4 amide bonds. The van der Waals surface area contributed by atoms with Crippen LogP contribution in [0.1, 0.15) is 97.3 Å². The number of hydrogen-bond donors (Lipinski definition) is 5. The first kappa shape index (κ1) is 48.4. The maximum atomic E-state index is 15.1. The fraction of sp³-hybridized carbons (Fsp3) is 0.617. The molecule has 4 fully saturated rings. The van der Waals surface area contributed by atoms with Crippen LogP contribution in [0.2, 0.25) is 0 Å². The van der Waals surface area contributed by atoms with Crippen LogP contribution in [-0.2, 0) is 24.6 Å². The number of aromatic nitrogens is 2. The number of hydrogen-bond acceptors (Lipinski definition) is 12. The molecule has 2 saturated heterocycles. The van der Waals surface area contributed by atoms with E-state index in [0.717, 1.165) is 50.1 Å². The lowest BCUT2D eigenvalue weighted by molar-refractivity contribution is -0.145. The molecule has 5 N–H and O–H groups in total. The molecule has 1 unspecified atom stereocenters. The summed E-state index contributed by atoms with van der Waals surface area (Å²) in [7, 11) is -0.558. The molecule has 18 nitrogen and oxygen atoms in total. The van der Waals surface area contributed by atoms with Gasteiger partial charge in [0.1, 0.15) is 40.9 Å². The van der Waals surface area contributed by atoms with Crippen molar-refractivity contribution in [2.45, 2.75) is 133 Å². The molecular weight excluding hydrogens is 899 g/mol. The number of anilines is 1. The molecular formula is C47H65N9O9S2. The summed E-state index contributed by atoms with van der Waals surface area (Å²) in [5.74, 6) is -1.54. The van der Waals surface area contributed by atoms with Crippen molar-refractivity contribution < 1.29 is 42.2 Å². The van der Waals surface area contributed by atoms with E-state index in [1.807, 2.05) is 37.4 Å². The standard InChI is InChI=1S/C47H65N9O9S2/c1-29(2)48-46-52-39(28-66-46)37-24-41(34-19-18-32(64-4)22-36(34)49-37)65-33-23-40-42(57)53-47(44(59)60)25-31(47)16-11-6-5-7-12-17-35(43(58)56(40)26-33)50-45(61)51-38(30-14-9-8-10-15-30)27-55-21-13-20-54(3)67(55,62)63/h11,16,18-19,22,24,28-31,33,35,38,40H,5-10,12-15,17,20-21,23,25-27H2,1-4H3,(H,48,52)(H,53,57)(H,59,60)(H2,50,51,61)/b16-11-/t31?,33-,35+,38-,40+,47-/m1/s1. The fourth-order valence-electron chi connectivity index (χ4n) is 10.1. The molecule has 8 rings (SSSR count). The first-order chi connectivity index (χ1) is 32.1. The summed E-state index contributed by atoms with van der Waals surface area (Å²) in [6, 6.07) is 4.17. The third kappa shape index (κ3) is 11.0. The average Bonchev–Trinajstić information content (AvgIpc) is 3.56. The number of thiazole rings is 1. The zero-order valence-corrected chi connectivity index (χ0v) is 40.5. The number of amides is 4. The first-order valence-corrected chi connectivity index (χ1v) is 26.1. The number of ether oxygens (including phenoxy) is 2. The predicted octanol–water partition coefficient (Wildman–Crippen LogP) is 5.51. The number of carbonyl (C=O) groups is 4. The summed E-state index contributed by atoms with van der Waals surface area (Å²) in [4.78, 5) is 67.7. The quantitative estimate of drug-likeness (QED) is 0.142. The molecule has 67 heavy (non-hydrogen) atoms. The topological polar surface area (TPSA) is 225 Å². The monoisotopic (exact) mass is 963 g/mol. The second-order valence-corrected chi connectivity index (χ2v) is 22.0. The van der Waals surface area contributed by atoms with Gasteiger partial charge >= 0.3 is 12.0 Å². The summed E-state index contributed by atoms with van der Waals surface area (Å²) in [5, 5.41) is 26.0. The van der Waals surface area contributed by atoms with E-state index in [0.29, 0.717) is 66.1 Å². The average molecular weight is 964 g/mol. The number of nitrogens with zero attached hydrogens (tertiary/aromatic N) is 5. The second-order valence-electron chi connectivity index (χ2n) is 19.1. The Morgan fingerprint density at radius 3 is 2.55 bits per heavy atom. The van der Waals surface area contributed by atoms with E-state index in [-0.39, 0.29) is 44.3 Å². The van der Waals surface area contributed by atoms with Crippen LogP contribution in [0.25, 0.3) is 22.3 Å². The van der Waals surface area contributed by atoms with Crippen molar-refractivity contribution in [3.63, 3.8) is 0 Å². The number of aliphatic carboxylic acids is 1. The van der Waals surface area contributed by atoms with E-state index in [1.165, 1.54) is 24.8 Å². The second kappa shape index (κ2) is 20.7. The number of nitrogens with one attached hydrogen (secondary N) is 4. The number of methoxy groups -OCH3 is 1. The highest BCUT2D eigenvalue weighted by atomic mass is 32.2. The lowest BCUT2D eigenvalue weighted by Gasteiger charge is -2.38. The highest BCUT2D eigenvalue weighted by Gasteiger charge is 2.61. The molecule has 2 aromatic heterocycles. The van der Waals surface area contributed by atoms with E-state index >= 15 is 4.79 Å². The van der Waals surface area contributed by atoms with E-state index < -0.39 is 69.7 Å². The Kier molecular flexibility index (Phi) is 14.9. The number of carboxylic acids is 1. The molecule has 6 atom stereocenters. The largest absolute Gasteiger partial charge is 0.497 e. The Morgan fingerprint density at radius 1 is 1.01 bits per heavy atom. The molecule has 0 radical (unpaired) electrons. The number of carboxylic acid groups (broad SMARTS) is 1. The van der Waals surface area contributed by atoms with Gasteiger partial charge in [-0.25, -0.2) is 19.6 Å². The maximum Gasteiger partial charge on any atom is 0.330 e. The first-order valence-electron chi connectivity index (χ1n) is 23.8. The number of carbonyl (C=O) groups excluding carboxylic acids is 3. The third-order valence-electron chi connectivity index (χ3n) is 13.9. The van der Waals surface area contributed by atoms with Gasteiger partial charge in [0.05, 0.1) is 24.9 Å². The van der Waals surface area contributed by atoms with Crippen LogP contribution < -0.4 is 30.7 Å². The number of rotatable bonds is 12. The van der Waals surface area contributed by atoms with Crippen molar-refractivity contribution in [3.05, 3.63) is 41.8 Å². The highest BCUT2D eigenvalue weighted by Crippen LogP contribution is 2.46. The van der Waals surface area contributed by atoms with Gasteiger partial charge in [0.25, 0.3) is 10.2 Å². The Labute approximate surface area is 396 Å². The van der Waals surface area contributed by atoms with Gasteiger partial charge in [0.2, 0.25) is 11.8 Å². The van der Waals surface area contributed by atoms with Crippen molar-refractivity contribution in [2.24, 2.45) is 11.8 Å². The maximum absolute atomic E-state index is 15.1. The smallest absolute Gasteiger partial charge is 0.330 e. The van der Waals surface area contributed by atoms with Gasteiger partial charge in [-0.2, -0.15) is 17.0 Å². The van der Waals surface area contributed by atoms with Crippen molar-refractivity contribution in [3.8, 4) is 22.9 Å². The molecule has 5 heterocycles. The molecule has 1 aromatic carbocycles. The van der Waals surface area contributed by atoms with Crippen molar-refractivity contribution in [1.29, 1.82) is 0 Å². The van der Waals surface area contributed by atoms with Crippen molar-refractivity contribution >= 4 is 61.4 Å². The van der Waals surface area contributed by atoms with E-state index in [2.05, 4.69) is 21.3 Å². The van der Waals surface area contributed by atoms with Gasteiger partial charge in [0, 0.05) is 74.0 Å². The Morgan fingerprint density at radius 2 is 1.79 bits per heavy atom. The summed E-state index contributed by atoms with van der Waals surface area (Å²) in [5.41, 5.74) is 0.262. The zero-order valence-electron chi connectivity index (χ0n) is 38.9. The highest BCUT2D eigenvalue weighted by molar-refractivity contribution is 7.86. The molecule has 0 spiro atoms. The molecule has 364 valence electrons. The van der Waals surface area contributed by atoms with Crippen LogP contribution in [-0.4, -0.2) is 137 Å². The number of allylic oxidation sites excluding steroid dienone is 1. The number of pyridine rings is 1. The number of benzene rings is 1. The number of fused-ring (bicyclic) bond motifs is 3. The summed E-state index contributed by atoms with van der Waals surface area (Å²) >= 11 is 1.46. The van der Waals surface area contributed by atoms with Gasteiger partial charge in [-0.3, -0.25) is 9.59 Å². The Bertz CT molecular complexity index is 2440. The van der Waals surface area contributed by atoms with Gasteiger partial charge in [-0.1, -0.05) is 44.3 Å². The van der Waals surface area contributed by atoms with E-state index in [1.54, 1.807) is 32.4 Å². The Balaban J connectivity index is 1.09. The van der Waals surface area contributed by atoms with Crippen LogP contribution >= 0.6 is 11.3 Å². The van der Waals surface area contributed by atoms with Crippen LogP contribution in [0.5, 0.6) is 11.5 Å².